The molecular formula is C17H18ClN2O3P. The highest BCUT2D eigenvalue weighted by Gasteiger charge is 2.35. The van der Waals surface area contributed by atoms with Crippen LogP contribution in [0.25, 0.3) is 0 Å². The monoisotopic (exact) mass is 364 g/mol. The van der Waals surface area contributed by atoms with Crippen LogP contribution in [0, 0.1) is 0 Å². The van der Waals surface area contributed by atoms with E-state index < -0.39 is 7.52 Å². The van der Waals surface area contributed by atoms with Crippen molar-refractivity contribution < 1.29 is 13.9 Å². The lowest BCUT2D eigenvalue weighted by atomic mass is 10.1. The Balaban J connectivity index is 2.01. The molecule has 0 saturated heterocycles. The van der Waals surface area contributed by atoms with Crippen molar-refractivity contribution in [3.8, 4) is 0 Å². The van der Waals surface area contributed by atoms with Crippen LogP contribution in [-0.2, 0) is 15.6 Å². The molecule has 1 heterocycles. The minimum Gasteiger partial charge on any atom is -0.323 e. The molecule has 1 amide bonds. The number of halogens is 1. The zero-order valence-corrected chi connectivity index (χ0v) is 14.9. The quantitative estimate of drug-likeness (QED) is 0.806. The van der Waals surface area contributed by atoms with Crippen LogP contribution in [0.4, 0.5) is 5.69 Å². The van der Waals surface area contributed by atoms with Crippen molar-refractivity contribution in [2.45, 2.75) is 13.5 Å². The summed E-state index contributed by atoms with van der Waals surface area (Å²) in [5.41, 5.74) is 1.84. The molecule has 0 aromatic heterocycles. The number of fused-ring (bicyclic) bond motifs is 1. The number of anilines is 1. The van der Waals surface area contributed by atoms with E-state index >= 15 is 0 Å². The van der Waals surface area contributed by atoms with Gasteiger partial charge < -0.3 is 14.5 Å². The topological polar surface area (TPSA) is 58.6 Å². The zero-order chi connectivity index (χ0) is 17.2. The van der Waals surface area contributed by atoms with Gasteiger partial charge in [-0.25, -0.2) is 0 Å². The Kier molecular flexibility index (Phi) is 4.95. The molecular weight excluding hydrogens is 347 g/mol. The number of nitrogens with one attached hydrogen (secondary N) is 1. The third kappa shape index (κ3) is 3.64. The van der Waals surface area contributed by atoms with Gasteiger partial charge in [0.2, 0.25) is 0 Å². The second-order valence-electron chi connectivity index (χ2n) is 5.52. The minimum absolute atomic E-state index is 0.000860. The van der Waals surface area contributed by atoms with E-state index in [1.807, 2.05) is 30.3 Å². The van der Waals surface area contributed by atoms with Crippen LogP contribution in [0.3, 0.4) is 0 Å². The molecule has 126 valence electrons. The summed E-state index contributed by atoms with van der Waals surface area (Å²) in [6, 6.07) is 14.5. The molecule has 0 saturated carbocycles. The summed E-state index contributed by atoms with van der Waals surface area (Å²) in [5, 5.41) is 3.38. The van der Waals surface area contributed by atoms with Gasteiger partial charge >= 0.3 is 7.52 Å². The van der Waals surface area contributed by atoms with Crippen LogP contribution in [0.1, 0.15) is 22.8 Å². The maximum absolute atomic E-state index is 13.1. The van der Waals surface area contributed by atoms with Gasteiger partial charge in [0.25, 0.3) is 5.91 Å². The number of benzene rings is 2. The summed E-state index contributed by atoms with van der Waals surface area (Å²) in [5.74, 6) is -0.221. The van der Waals surface area contributed by atoms with Gasteiger partial charge in [-0.2, -0.15) is 0 Å². The van der Waals surface area contributed by atoms with E-state index in [0.717, 1.165) is 5.56 Å². The fourth-order valence-corrected chi connectivity index (χ4v) is 4.72. The first-order valence-corrected chi connectivity index (χ1v) is 9.84. The van der Waals surface area contributed by atoms with Gasteiger partial charge in [-0.05, 0) is 30.7 Å². The zero-order valence-electron chi connectivity index (χ0n) is 13.2. The first kappa shape index (κ1) is 17.0. The van der Waals surface area contributed by atoms with Crippen LogP contribution >= 0.6 is 19.1 Å². The van der Waals surface area contributed by atoms with Crippen LogP contribution in [-0.4, -0.2) is 23.7 Å². The average molecular weight is 365 g/mol. The number of carbonyl (C=O) groups excluding carboxylic acids is 1. The lowest BCUT2D eigenvalue weighted by Crippen LogP contribution is -2.30. The van der Waals surface area contributed by atoms with E-state index in [1.165, 1.54) is 0 Å². The van der Waals surface area contributed by atoms with E-state index in [0.29, 0.717) is 29.4 Å². The van der Waals surface area contributed by atoms with Crippen molar-refractivity contribution in [3.63, 3.8) is 0 Å². The van der Waals surface area contributed by atoms with E-state index in [-0.39, 0.29) is 12.2 Å². The molecule has 3 rings (SSSR count). The number of rotatable bonds is 4. The Bertz CT molecular complexity index is 798. The maximum Gasteiger partial charge on any atom is 0.312 e. The molecule has 1 aliphatic rings. The number of carbonyl (C=O) groups is 1. The van der Waals surface area contributed by atoms with Gasteiger partial charge in [0.05, 0.1) is 17.9 Å². The Labute approximate surface area is 146 Å². The van der Waals surface area contributed by atoms with Crippen LogP contribution < -0.4 is 5.09 Å². The lowest BCUT2D eigenvalue weighted by molar-refractivity contribution is 0.0769. The highest BCUT2D eigenvalue weighted by molar-refractivity contribution is 7.60. The molecule has 0 spiro atoms. The predicted molar refractivity (Wildman–Crippen MR) is 95.5 cm³/mol. The second kappa shape index (κ2) is 6.98. The lowest BCUT2D eigenvalue weighted by Gasteiger charge is -2.24. The van der Waals surface area contributed by atoms with E-state index in [1.54, 1.807) is 30.0 Å². The Morgan fingerprint density at radius 3 is 2.71 bits per heavy atom. The van der Waals surface area contributed by atoms with Crippen LogP contribution in [0.5, 0.6) is 0 Å². The van der Waals surface area contributed by atoms with Gasteiger partial charge in [-0.3, -0.25) is 9.36 Å². The van der Waals surface area contributed by atoms with Crippen molar-refractivity contribution >= 4 is 30.7 Å². The first-order chi connectivity index (χ1) is 11.5. The van der Waals surface area contributed by atoms with Gasteiger partial charge in [-0.15, -0.1) is 0 Å². The van der Waals surface area contributed by atoms with Gasteiger partial charge in [0.1, 0.15) is 6.29 Å². The summed E-state index contributed by atoms with van der Waals surface area (Å²) in [6.45, 7) is 2.42. The highest BCUT2D eigenvalue weighted by Crippen LogP contribution is 2.50. The predicted octanol–water partition coefficient (Wildman–Crippen LogP) is 4.60. The molecule has 1 atom stereocenters. The molecule has 2 aromatic carbocycles. The van der Waals surface area contributed by atoms with Crippen molar-refractivity contribution in [2.75, 3.05) is 18.0 Å². The average Bonchev–Trinajstić information content (AvgIpc) is 2.65. The molecule has 0 aliphatic carbocycles. The van der Waals surface area contributed by atoms with Crippen LogP contribution in [0.2, 0.25) is 5.02 Å². The highest BCUT2D eigenvalue weighted by atomic mass is 35.5. The van der Waals surface area contributed by atoms with Crippen molar-refractivity contribution in [3.05, 3.63) is 64.7 Å². The number of hydrogen-bond acceptors (Lipinski definition) is 3. The Hall–Kier alpha value is -1.81. The van der Waals surface area contributed by atoms with Crippen LogP contribution in [0.15, 0.2) is 48.5 Å². The summed E-state index contributed by atoms with van der Waals surface area (Å²) in [4.78, 5) is 14.5. The van der Waals surface area contributed by atoms with E-state index in [2.05, 4.69) is 5.09 Å². The second-order valence-corrected chi connectivity index (χ2v) is 8.07. The summed E-state index contributed by atoms with van der Waals surface area (Å²) in [7, 11) is -3.22. The standard InChI is InChI=1S/C17H18ClN2O3P/c1-2-23-24(22)12-20(11-13-6-4-3-5-7-13)17(21)15-10-14(18)8-9-16(15)19-24/h3-10H,2,11-12H2,1H3,(H,19,22). The minimum atomic E-state index is -3.22. The van der Waals surface area contributed by atoms with Gasteiger partial charge in [-0.1, -0.05) is 41.9 Å². The fourth-order valence-electron chi connectivity index (χ4n) is 2.68. The molecule has 0 radical (unpaired) electrons. The number of amides is 1. The molecule has 24 heavy (non-hydrogen) atoms. The third-order valence-corrected chi connectivity index (χ3v) is 5.91. The van der Waals surface area contributed by atoms with Crippen molar-refractivity contribution in [2.24, 2.45) is 0 Å². The SMILES string of the molecule is CCOP1(=O)CN(Cc2ccccc2)C(=O)c2cc(Cl)ccc2N1. The molecule has 2 aromatic rings. The molecule has 1 N–H and O–H groups in total. The summed E-state index contributed by atoms with van der Waals surface area (Å²) >= 11 is 6.04. The number of nitrogens with zero attached hydrogens (tertiary/aromatic N) is 1. The first-order valence-electron chi connectivity index (χ1n) is 7.65. The molecule has 0 bridgehead atoms. The van der Waals surface area contributed by atoms with Gasteiger partial charge in [0, 0.05) is 11.6 Å². The normalized spacial score (nSPS) is 20.2. The number of hydrogen-bond donors (Lipinski definition) is 1. The fraction of sp³-hybridized carbons (Fsp3) is 0.235. The Morgan fingerprint density at radius 1 is 1.25 bits per heavy atom. The Morgan fingerprint density at radius 2 is 2.00 bits per heavy atom. The smallest absolute Gasteiger partial charge is 0.312 e. The van der Waals surface area contributed by atoms with Gasteiger partial charge in [0.15, 0.2) is 0 Å². The molecule has 7 heteroatoms. The van der Waals surface area contributed by atoms with Crippen molar-refractivity contribution in [1.29, 1.82) is 0 Å². The third-order valence-electron chi connectivity index (χ3n) is 3.70. The van der Waals surface area contributed by atoms with E-state index in [4.69, 9.17) is 16.1 Å². The largest absolute Gasteiger partial charge is 0.323 e. The molecule has 0 fully saturated rings. The molecule has 5 nitrogen and oxygen atoms in total. The van der Waals surface area contributed by atoms with Crippen molar-refractivity contribution in [1.82, 2.24) is 4.90 Å². The summed E-state index contributed by atoms with van der Waals surface area (Å²) < 4.78 is 18.6. The maximum atomic E-state index is 13.1. The summed E-state index contributed by atoms with van der Waals surface area (Å²) in [6.07, 6.45) is 0.000860. The molecule has 1 aliphatic heterocycles. The van der Waals surface area contributed by atoms with E-state index in [9.17, 15) is 9.36 Å². The molecule has 1 unspecified atom stereocenters.